The normalized spacial score (nSPS) is 16.1. The molecule has 0 radical (unpaired) electrons. The van der Waals surface area contributed by atoms with E-state index in [0.29, 0.717) is 12.6 Å². The van der Waals surface area contributed by atoms with Crippen LogP contribution in [-0.4, -0.2) is 34.9 Å². The lowest BCUT2D eigenvalue weighted by Crippen LogP contribution is -2.42. The van der Waals surface area contributed by atoms with Crippen LogP contribution in [0.1, 0.15) is 55.1 Å². The number of rotatable bonds is 7. The molecule has 1 unspecified atom stereocenters. The molecule has 6 heteroatoms. The van der Waals surface area contributed by atoms with E-state index in [1.165, 1.54) is 24.1 Å². The van der Waals surface area contributed by atoms with Gasteiger partial charge in [-0.2, -0.15) is 5.10 Å². The molecule has 2 N–H and O–H groups in total. The first-order valence-corrected chi connectivity index (χ1v) is 10.7. The van der Waals surface area contributed by atoms with Crippen LogP contribution in [0.25, 0.3) is 0 Å². The van der Waals surface area contributed by atoms with Crippen LogP contribution in [-0.2, 0) is 20.0 Å². The summed E-state index contributed by atoms with van der Waals surface area (Å²) in [6.07, 6.45) is 6.14. The number of hydrogen-bond acceptors (Lipinski definition) is 3. The third kappa shape index (κ3) is 5.52. The summed E-state index contributed by atoms with van der Waals surface area (Å²) in [5.41, 5.74) is 4.78. The van der Waals surface area contributed by atoms with Crippen molar-refractivity contribution >= 4 is 5.96 Å². The molecule has 1 saturated carbocycles. The number of aryl methyl sites for hydroxylation is 2. The molecule has 1 fully saturated rings. The molecule has 0 amide bonds. The molecule has 1 aromatic heterocycles. The fraction of sp³-hybridized carbons (Fsp3) is 0.565. The van der Waals surface area contributed by atoms with Crippen molar-refractivity contribution in [2.45, 2.75) is 71.6 Å². The van der Waals surface area contributed by atoms with E-state index in [2.05, 4.69) is 59.7 Å². The SMILES string of the molecule is CN=C(NCc1ccccc1OC1CCCC1)NC(C)Cc1c(C)nn(C)c1C. The van der Waals surface area contributed by atoms with E-state index in [-0.39, 0.29) is 6.04 Å². The van der Waals surface area contributed by atoms with Gasteiger partial charge in [-0.3, -0.25) is 9.67 Å². The Bertz CT molecular complexity index is 836. The third-order valence-corrected chi connectivity index (χ3v) is 5.79. The number of aliphatic imine (C=N–C) groups is 1. The van der Waals surface area contributed by atoms with E-state index in [1.807, 2.05) is 24.8 Å². The summed E-state index contributed by atoms with van der Waals surface area (Å²) in [4.78, 5) is 4.40. The second-order valence-electron chi connectivity index (χ2n) is 8.08. The largest absolute Gasteiger partial charge is 0.490 e. The number of guanidine groups is 1. The summed E-state index contributed by atoms with van der Waals surface area (Å²) >= 11 is 0. The minimum absolute atomic E-state index is 0.243. The van der Waals surface area contributed by atoms with Crippen LogP contribution in [0.4, 0.5) is 0 Å². The predicted molar refractivity (Wildman–Crippen MR) is 119 cm³/mol. The Morgan fingerprint density at radius 2 is 2.00 bits per heavy atom. The number of nitrogens with one attached hydrogen (secondary N) is 2. The van der Waals surface area contributed by atoms with Gasteiger partial charge in [0.2, 0.25) is 0 Å². The van der Waals surface area contributed by atoms with Crippen LogP contribution < -0.4 is 15.4 Å². The predicted octanol–water partition coefficient (Wildman–Crippen LogP) is 3.65. The third-order valence-electron chi connectivity index (χ3n) is 5.79. The quantitative estimate of drug-likeness (QED) is 0.553. The number of para-hydroxylation sites is 1. The fourth-order valence-corrected chi connectivity index (χ4v) is 4.03. The summed E-state index contributed by atoms with van der Waals surface area (Å²) < 4.78 is 8.20. The van der Waals surface area contributed by atoms with Crippen LogP contribution in [0.2, 0.25) is 0 Å². The van der Waals surface area contributed by atoms with Gasteiger partial charge in [-0.25, -0.2) is 0 Å². The van der Waals surface area contributed by atoms with Crippen LogP contribution >= 0.6 is 0 Å². The number of benzene rings is 1. The van der Waals surface area contributed by atoms with E-state index in [1.54, 1.807) is 0 Å². The molecule has 1 atom stereocenters. The molecule has 1 heterocycles. The van der Waals surface area contributed by atoms with Gasteiger partial charge in [0.1, 0.15) is 5.75 Å². The Hall–Kier alpha value is -2.50. The van der Waals surface area contributed by atoms with Gasteiger partial charge in [0.15, 0.2) is 5.96 Å². The van der Waals surface area contributed by atoms with E-state index >= 15 is 0 Å². The van der Waals surface area contributed by atoms with E-state index in [4.69, 9.17) is 4.74 Å². The highest BCUT2D eigenvalue weighted by Crippen LogP contribution is 2.26. The van der Waals surface area contributed by atoms with Crippen LogP contribution in [0.3, 0.4) is 0 Å². The summed E-state index contributed by atoms with van der Waals surface area (Å²) in [5, 5.41) is 11.5. The van der Waals surface area contributed by atoms with Crippen LogP contribution in [0.15, 0.2) is 29.3 Å². The molecular weight excluding hydrogens is 362 g/mol. The first-order chi connectivity index (χ1) is 14.0. The topological polar surface area (TPSA) is 63.5 Å². The maximum Gasteiger partial charge on any atom is 0.191 e. The summed E-state index contributed by atoms with van der Waals surface area (Å²) in [5.74, 6) is 1.78. The number of nitrogens with zero attached hydrogens (tertiary/aromatic N) is 3. The highest BCUT2D eigenvalue weighted by molar-refractivity contribution is 5.80. The standard InChI is InChI=1S/C23H35N5O/c1-16(14-21-17(2)27-28(5)18(21)3)26-23(24-4)25-15-19-10-6-9-13-22(19)29-20-11-7-8-12-20/h6,9-10,13,16,20H,7-8,11-12,14-15H2,1-5H3,(H2,24,25,26). The monoisotopic (exact) mass is 397 g/mol. The smallest absolute Gasteiger partial charge is 0.191 e. The van der Waals surface area contributed by atoms with Gasteiger partial charge >= 0.3 is 0 Å². The molecule has 158 valence electrons. The second-order valence-corrected chi connectivity index (χ2v) is 8.08. The van der Waals surface area contributed by atoms with Crippen molar-refractivity contribution in [2.75, 3.05) is 7.05 Å². The Labute approximate surface area is 174 Å². The fourth-order valence-electron chi connectivity index (χ4n) is 4.03. The Kier molecular flexibility index (Phi) is 7.18. The van der Waals surface area contributed by atoms with E-state index in [9.17, 15) is 0 Å². The van der Waals surface area contributed by atoms with Crippen molar-refractivity contribution in [1.29, 1.82) is 0 Å². The van der Waals surface area contributed by atoms with Gasteiger partial charge in [0.25, 0.3) is 0 Å². The number of hydrogen-bond donors (Lipinski definition) is 2. The highest BCUT2D eigenvalue weighted by atomic mass is 16.5. The van der Waals surface area contributed by atoms with E-state index in [0.717, 1.165) is 42.2 Å². The first kappa shape index (κ1) is 21.2. The maximum atomic E-state index is 6.25. The molecule has 0 bridgehead atoms. The van der Waals surface area contributed by atoms with Gasteiger partial charge in [0, 0.05) is 37.9 Å². The minimum atomic E-state index is 0.243. The molecule has 3 rings (SSSR count). The maximum absolute atomic E-state index is 6.25. The number of ether oxygens (including phenoxy) is 1. The van der Waals surface area contributed by atoms with E-state index < -0.39 is 0 Å². The van der Waals surface area contributed by atoms with Crippen molar-refractivity contribution in [3.05, 3.63) is 46.8 Å². The Morgan fingerprint density at radius 3 is 2.66 bits per heavy atom. The molecule has 1 aromatic carbocycles. The van der Waals surface area contributed by atoms with Crippen molar-refractivity contribution in [2.24, 2.45) is 12.0 Å². The zero-order valence-corrected chi connectivity index (χ0v) is 18.5. The minimum Gasteiger partial charge on any atom is -0.490 e. The molecule has 0 aliphatic heterocycles. The van der Waals surface area contributed by atoms with Gasteiger partial charge in [-0.15, -0.1) is 0 Å². The molecular formula is C23H35N5O. The molecule has 29 heavy (non-hydrogen) atoms. The zero-order valence-electron chi connectivity index (χ0n) is 18.5. The Balaban J connectivity index is 1.56. The molecule has 0 spiro atoms. The van der Waals surface area contributed by atoms with Gasteiger partial charge in [-0.05, 0) is 64.5 Å². The van der Waals surface area contributed by atoms with Crippen molar-refractivity contribution in [1.82, 2.24) is 20.4 Å². The van der Waals surface area contributed by atoms with Gasteiger partial charge in [-0.1, -0.05) is 18.2 Å². The molecule has 6 nitrogen and oxygen atoms in total. The van der Waals surface area contributed by atoms with Gasteiger partial charge < -0.3 is 15.4 Å². The highest BCUT2D eigenvalue weighted by Gasteiger charge is 2.18. The molecule has 2 aromatic rings. The lowest BCUT2D eigenvalue weighted by molar-refractivity contribution is 0.208. The average Bonchev–Trinajstić information content (AvgIpc) is 3.30. The lowest BCUT2D eigenvalue weighted by Gasteiger charge is -2.20. The molecule has 0 saturated heterocycles. The van der Waals surface area contributed by atoms with Crippen LogP contribution in [0, 0.1) is 13.8 Å². The summed E-state index contributed by atoms with van der Waals surface area (Å²) in [6.45, 7) is 7.05. The first-order valence-electron chi connectivity index (χ1n) is 10.7. The Morgan fingerprint density at radius 1 is 1.28 bits per heavy atom. The molecule has 1 aliphatic rings. The zero-order chi connectivity index (χ0) is 20.8. The summed E-state index contributed by atoms with van der Waals surface area (Å²) in [7, 11) is 3.80. The molecule has 1 aliphatic carbocycles. The number of aromatic nitrogens is 2. The van der Waals surface area contributed by atoms with Crippen molar-refractivity contribution in [3.63, 3.8) is 0 Å². The lowest BCUT2D eigenvalue weighted by atomic mass is 10.1. The average molecular weight is 398 g/mol. The van der Waals surface area contributed by atoms with Crippen molar-refractivity contribution < 1.29 is 4.74 Å². The summed E-state index contributed by atoms with van der Waals surface area (Å²) in [6, 6.07) is 8.54. The van der Waals surface area contributed by atoms with Crippen LogP contribution in [0.5, 0.6) is 5.75 Å². The van der Waals surface area contributed by atoms with Crippen molar-refractivity contribution in [3.8, 4) is 5.75 Å². The van der Waals surface area contributed by atoms with Gasteiger partial charge in [0.05, 0.1) is 11.8 Å². The second kappa shape index (κ2) is 9.81.